The zero-order valence-electron chi connectivity index (χ0n) is 19.4. The highest BCUT2D eigenvalue weighted by atomic mass is 32.2. The fourth-order valence-corrected chi connectivity index (χ4v) is 4.83. The maximum atomic E-state index is 12.6. The Hall–Kier alpha value is -2.27. The van der Waals surface area contributed by atoms with E-state index in [0.29, 0.717) is 39.5 Å². The van der Waals surface area contributed by atoms with Crippen molar-refractivity contribution in [3.8, 4) is 0 Å². The van der Waals surface area contributed by atoms with Crippen LogP contribution in [0.15, 0.2) is 41.6 Å². The molecular weight excluding hydrogens is 444 g/mol. The summed E-state index contributed by atoms with van der Waals surface area (Å²) in [5.41, 5.74) is 0.975. The van der Waals surface area contributed by atoms with E-state index in [1.807, 2.05) is 20.0 Å². The second kappa shape index (κ2) is 12.3. The Labute approximate surface area is 196 Å². The lowest BCUT2D eigenvalue weighted by atomic mass is 9.96. The lowest BCUT2D eigenvalue weighted by Crippen LogP contribution is -2.44. The maximum Gasteiger partial charge on any atom is 0.241 e. The van der Waals surface area contributed by atoms with Gasteiger partial charge in [-0.1, -0.05) is 17.7 Å². The summed E-state index contributed by atoms with van der Waals surface area (Å²) >= 11 is 0. The number of ether oxygens (including phenoxy) is 2. The Morgan fingerprint density at radius 1 is 1.12 bits per heavy atom. The standard InChI is InChI=1S/C23H34N4O5S/c1-3-31-16-17-32-15-14-27-13-10-24-23(27)20-8-11-26(12-9-20)22(28)18-25-33(29,30)21-6-4-19(2)5-7-21/h4-7,10,13,20,25H,3,8-9,11-12,14-18H2,1-2H3. The molecule has 1 aromatic heterocycles. The van der Waals surface area contributed by atoms with Crippen LogP contribution in [0.2, 0.25) is 0 Å². The average molecular weight is 479 g/mol. The lowest BCUT2D eigenvalue weighted by Gasteiger charge is -2.32. The summed E-state index contributed by atoms with van der Waals surface area (Å²) in [5.74, 6) is 1.06. The smallest absolute Gasteiger partial charge is 0.241 e. The maximum absolute atomic E-state index is 12.6. The Morgan fingerprint density at radius 2 is 1.82 bits per heavy atom. The van der Waals surface area contributed by atoms with Gasteiger partial charge in [0.2, 0.25) is 15.9 Å². The van der Waals surface area contributed by atoms with Crippen molar-refractivity contribution in [1.82, 2.24) is 19.2 Å². The molecule has 0 atom stereocenters. The fraction of sp³-hybridized carbons (Fsp3) is 0.565. The molecule has 9 nitrogen and oxygen atoms in total. The van der Waals surface area contributed by atoms with Crippen LogP contribution < -0.4 is 4.72 Å². The molecular formula is C23H34N4O5S. The van der Waals surface area contributed by atoms with Crippen LogP contribution >= 0.6 is 0 Å². The van der Waals surface area contributed by atoms with Crippen molar-refractivity contribution < 1.29 is 22.7 Å². The van der Waals surface area contributed by atoms with E-state index in [9.17, 15) is 13.2 Å². The lowest BCUT2D eigenvalue weighted by molar-refractivity contribution is -0.131. The second-order valence-electron chi connectivity index (χ2n) is 8.08. The van der Waals surface area contributed by atoms with Crippen molar-refractivity contribution in [3.63, 3.8) is 0 Å². The first-order valence-corrected chi connectivity index (χ1v) is 12.9. The number of benzene rings is 1. The number of hydrogen-bond acceptors (Lipinski definition) is 6. The predicted molar refractivity (Wildman–Crippen MR) is 124 cm³/mol. The van der Waals surface area contributed by atoms with E-state index in [-0.39, 0.29) is 23.3 Å². The molecule has 0 saturated carbocycles. The van der Waals surface area contributed by atoms with Gasteiger partial charge in [0.05, 0.1) is 31.3 Å². The Balaban J connectivity index is 1.44. The number of nitrogens with one attached hydrogen (secondary N) is 1. The molecule has 33 heavy (non-hydrogen) atoms. The molecule has 1 saturated heterocycles. The number of aryl methyl sites for hydroxylation is 1. The molecule has 0 unspecified atom stereocenters. The molecule has 1 aliphatic rings. The molecule has 1 aliphatic heterocycles. The van der Waals surface area contributed by atoms with Crippen molar-refractivity contribution in [1.29, 1.82) is 0 Å². The van der Waals surface area contributed by atoms with Crippen molar-refractivity contribution in [2.75, 3.05) is 46.1 Å². The minimum absolute atomic E-state index is 0.160. The summed E-state index contributed by atoms with van der Waals surface area (Å²) in [6, 6.07) is 6.55. The topological polar surface area (TPSA) is 103 Å². The van der Waals surface area contributed by atoms with Crippen LogP contribution in [0, 0.1) is 6.92 Å². The average Bonchev–Trinajstić information content (AvgIpc) is 3.29. The summed E-state index contributed by atoms with van der Waals surface area (Å²) in [6.45, 7) is 7.94. The number of imidazole rings is 1. The van der Waals surface area contributed by atoms with E-state index in [1.54, 1.807) is 35.4 Å². The largest absolute Gasteiger partial charge is 0.379 e. The molecule has 1 aromatic carbocycles. The van der Waals surface area contributed by atoms with Gasteiger partial charge in [0.15, 0.2) is 0 Å². The van der Waals surface area contributed by atoms with Gasteiger partial charge in [-0.05, 0) is 38.8 Å². The zero-order valence-corrected chi connectivity index (χ0v) is 20.2. The molecule has 0 bridgehead atoms. The number of carbonyl (C=O) groups is 1. The van der Waals surface area contributed by atoms with Gasteiger partial charge in [0, 0.05) is 44.6 Å². The van der Waals surface area contributed by atoms with E-state index in [2.05, 4.69) is 14.3 Å². The SMILES string of the molecule is CCOCCOCCn1ccnc1C1CCN(C(=O)CNS(=O)(=O)c2ccc(C)cc2)CC1. The highest BCUT2D eigenvalue weighted by molar-refractivity contribution is 7.89. The van der Waals surface area contributed by atoms with Crippen LogP contribution in [0.1, 0.15) is 37.1 Å². The van der Waals surface area contributed by atoms with E-state index >= 15 is 0 Å². The molecule has 0 aliphatic carbocycles. The Kier molecular flexibility index (Phi) is 9.42. The summed E-state index contributed by atoms with van der Waals surface area (Å²) < 4.78 is 40.3. The third kappa shape index (κ3) is 7.36. The van der Waals surface area contributed by atoms with E-state index < -0.39 is 10.0 Å². The van der Waals surface area contributed by atoms with Gasteiger partial charge >= 0.3 is 0 Å². The monoisotopic (exact) mass is 478 g/mol. The van der Waals surface area contributed by atoms with Crippen LogP contribution in [-0.4, -0.2) is 74.8 Å². The van der Waals surface area contributed by atoms with E-state index in [4.69, 9.17) is 9.47 Å². The Bertz CT molecular complexity index is 983. The van der Waals surface area contributed by atoms with Crippen molar-refractivity contribution in [2.24, 2.45) is 0 Å². The third-order valence-electron chi connectivity index (χ3n) is 5.76. The molecule has 0 radical (unpaired) electrons. The molecule has 2 heterocycles. The Morgan fingerprint density at radius 3 is 2.52 bits per heavy atom. The highest BCUT2D eigenvalue weighted by Gasteiger charge is 2.27. The number of piperidine rings is 1. The minimum atomic E-state index is -3.71. The van der Waals surface area contributed by atoms with Crippen molar-refractivity contribution in [3.05, 3.63) is 48.0 Å². The molecule has 0 spiro atoms. The van der Waals surface area contributed by atoms with Gasteiger partial charge in [-0.3, -0.25) is 4.79 Å². The first-order chi connectivity index (χ1) is 15.9. The van der Waals surface area contributed by atoms with Crippen LogP contribution in [0.25, 0.3) is 0 Å². The number of hydrogen-bond donors (Lipinski definition) is 1. The van der Waals surface area contributed by atoms with Crippen molar-refractivity contribution >= 4 is 15.9 Å². The molecule has 1 N–H and O–H groups in total. The summed E-state index contributed by atoms with van der Waals surface area (Å²) in [4.78, 5) is 19.0. The number of nitrogens with zero attached hydrogens (tertiary/aromatic N) is 3. The number of sulfonamides is 1. The van der Waals surface area contributed by atoms with Crippen LogP contribution in [0.4, 0.5) is 0 Å². The van der Waals surface area contributed by atoms with Gasteiger partial charge in [0.1, 0.15) is 5.82 Å². The van der Waals surface area contributed by atoms with Gasteiger partial charge < -0.3 is 18.9 Å². The zero-order chi connectivity index (χ0) is 23.7. The van der Waals surface area contributed by atoms with E-state index in [1.165, 1.54) is 0 Å². The first-order valence-electron chi connectivity index (χ1n) is 11.4. The molecule has 10 heteroatoms. The molecule has 2 aromatic rings. The molecule has 1 fully saturated rings. The van der Waals surface area contributed by atoms with Crippen molar-refractivity contribution in [2.45, 2.75) is 44.0 Å². The van der Waals surface area contributed by atoms with Crippen LogP contribution in [0.3, 0.4) is 0 Å². The quantitative estimate of drug-likeness (QED) is 0.468. The van der Waals surface area contributed by atoms with E-state index in [0.717, 1.165) is 30.8 Å². The molecule has 182 valence electrons. The van der Waals surface area contributed by atoms with Gasteiger partial charge in [-0.2, -0.15) is 0 Å². The summed E-state index contributed by atoms with van der Waals surface area (Å²) in [7, 11) is -3.71. The highest BCUT2D eigenvalue weighted by Crippen LogP contribution is 2.27. The fourth-order valence-electron chi connectivity index (χ4n) is 3.85. The number of amides is 1. The first kappa shape index (κ1) is 25.4. The number of rotatable bonds is 12. The normalized spacial score (nSPS) is 15.2. The van der Waals surface area contributed by atoms with Gasteiger partial charge in [-0.25, -0.2) is 18.1 Å². The number of carbonyl (C=O) groups excluding carboxylic acids is 1. The third-order valence-corrected chi connectivity index (χ3v) is 7.18. The minimum Gasteiger partial charge on any atom is -0.379 e. The summed E-state index contributed by atoms with van der Waals surface area (Å²) in [6.07, 6.45) is 5.34. The predicted octanol–water partition coefficient (Wildman–Crippen LogP) is 1.93. The summed E-state index contributed by atoms with van der Waals surface area (Å²) in [5, 5.41) is 0. The number of aromatic nitrogens is 2. The van der Waals surface area contributed by atoms with Gasteiger partial charge in [-0.15, -0.1) is 0 Å². The van der Waals surface area contributed by atoms with Gasteiger partial charge in [0.25, 0.3) is 0 Å². The molecule has 3 rings (SSSR count). The molecule has 1 amide bonds. The van der Waals surface area contributed by atoms with Crippen LogP contribution in [-0.2, 0) is 30.8 Å². The number of likely N-dealkylation sites (tertiary alicyclic amines) is 1. The van der Waals surface area contributed by atoms with Crippen LogP contribution in [0.5, 0.6) is 0 Å². The second-order valence-corrected chi connectivity index (χ2v) is 9.85.